The summed E-state index contributed by atoms with van der Waals surface area (Å²) in [6, 6.07) is 0. The van der Waals surface area contributed by atoms with Crippen LogP contribution in [0.25, 0.3) is 0 Å². The number of unbranched alkanes of at least 4 members (excludes halogenated alkanes) is 3. The normalized spacial score (nSPS) is 14.9. The fourth-order valence-corrected chi connectivity index (χ4v) is 2.00. The molecule has 3 heteroatoms. The molecule has 90 valence electrons. The molecule has 3 N–H and O–H groups in total. The van der Waals surface area contributed by atoms with Gasteiger partial charge in [0.25, 0.3) is 0 Å². The molecule has 3 nitrogen and oxygen atoms in total. The minimum atomic E-state index is -0.719. The van der Waals surface area contributed by atoms with E-state index in [2.05, 4.69) is 6.92 Å². The van der Waals surface area contributed by atoms with E-state index in [9.17, 15) is 9.90 Å². The topological polar surface area (TPSA) is 63.3 Å². The monoisotopic (exact) mass is 215 g/mol. The zero-order valence-electron chi connectivity index (χ0n) is 10.1. The highest BCUT2D eigenvalue weighted by molar-refractivity contribution is 5.74. The molecule has 0 saturated heterocycles. The second-order valence-corrected chi connectivity index (χ2v) is 4.35. The van der Waals surface area contributed by atoms with E-state index in [0.29, 0.717) is 6.42 Å². The first-order chi connectivity index (χ1) is 7.13. The Kier molecular flexibility index (Phi) is 7.39. The van der Waals surface area contributed by atoms with Crippen LogP contribution in [0.5, 0.6) is 0 Å². The summed E-state index contributed by atoms with van der Waals surface area (Å²) in [6.45, 7) is 4.43. The molecular formula is C12H25NO2. The smallest absolute Gasteiger partial charge is 0.310 e. The lowest BCUT2D eigenvalue weighted by molar-refractivity contribution is -0.149. The Morgan fingerprint density at radius 3 is 2.20 bits per heavy atom. The number of nitrogens with two attached hydrogens (primary N) is 1. The largest absolute Gasteiger partial charge is 0.481 e. The third-order valence-electron chi connectivity index (χ3n) is 3.08. The molecule has 0 aromatic heterocycles. The summed E-state index contributed by atoms with van der Waals surface area (Å²) in [6.07, 6.45) is 6.78. The number of carboxylic acid groups (broad SMARTS) is 1. The van der Waals surface area contributed by atoms with Gasteiger partial charge in [-0.3, -0.25) is 4.79 Å². The molecule has 0 aliphatic heterocycles. The lowest BCUT2D eigenvalue weighted by atomic mass is 9.78. The Hall–Kier alpha value is -0.570. The van der Waals surface area contributed by atoms with Crippen molar-refractivity contribution in [1.82, 2.24) is 0 Å². The molecule has 0 aliphatic rings. The van der Waals surface area contributed by atoms with Gasteiger partial charge in [-0.1, -0.05) is 46.0 Å². The number of hydrogen-bond donors (Lipinski definition) is 2. The van der Waals surface area contributed by atoms with Gasteiger partial charge in [0.2, 0.25) is 0 Å². The van der Waals surface area contributed by atoms with E-state index in [1.165, 1.54) is 12.8 Å². The molecule has 0 aromatic carbocycles. The molecule has 0 fully saturated rings. The third-order valence-corrected chi connectivity index (χ3v) is 3.08. The number of carbonyl (C=O) groups is 1. The molecule has 0 bridgehead atoms. The third kappa shape index (κ3) is 4.65. The fraction of sp³-hybridized carbons (Fsp3) is 0.917. The zero-order chi connectivity index (χ0) is 11.7. The summed E-state index contributed by atoms with van der Waals surface area (Å²) in [4.78, 5) is 11.2. The van der Waals surface area contributed by atoms with E-state index >= 15 is 0 Å². The molecule has 1 atom stereocenters. The van der Waals surface area contributed by atoms with Crippen molar-refractivity contribution in [3.63, 3.8) is 0 Å². The van der Waals surface area contributed by atoms with Gasteiger partial charge in [0.1, 0.15) is 0 Å². The molecule has 15 heavy (non-hydrogen) atoms. The van der Waals surface area contributed by atoms with Crippen molar-refractivity contribution in [2.75, 3.05) is 6.54 Å². The van der Waals surface area contributed by atoms with E-state index < -0.39 is 11.4 Å². The van der Waals surface area contributed by atoms with Crippen molar-refractivity contribution in [2.45, 2.75) is 58.8 Å². The van der Waals surface area contributed by atoms with Crippen LogP contribution < -0.4 is 5.73 Å². The van der Waals surface area contributed by atoms with Gasteiger partial charge in [-0.2, -0.15) is 0 Å². The van der Waals surface area contributed by atoms with Gasteiger partial charge in [0.05, 0.1) is 5.41 Å². The number of aliphatic carboxylic acids is 1. The van der Waals surface area contributed by atoms with Gasteiger partial charge in [-0.05, 0) is 12.8 Å². The second kappa shape index (κ2) is 7.69. The number of rotatable bonds is 9. The highest BCUT2D eigenvalue weighted by Gasteiger charge is 2.35. The van der Waals surface area contributed by atoms with Crippen molar-refractivity contribution in [3.8, 4) is 0 Å². The average molecular weight is 215 g/mol. The molecule has 0 heterocycles. The van der Waals surface area contributed by atoms with Gasteiger partial charge in [0, 0.05) is 6.54 Å². The highest BCUT2D eigenvalue weighted by atomic mass is 16.4. The Morgan fingerprint density at radius 1 is 1.13 bits per heavy atom. The van der Waals surface area contributed by atoms with Crippen LogP contribution >= 0.6 is 0 Å². The maximum atomic E-state index is 11.2. The molecule has 0 rings (SSSR count). The van der Waals surface area contributed by atoms with Crippen LogP contribution in [0, 0.1) is 5.41 Å². The molecule has 0 aromatic rings. The van der Waals surface area contributed by atoms with Crippen LogP contribution in [0.3, 0.4) is 0 Å². The molecule has 0 saturated carbocycles. The van der Waals surface area contributed by atoms with Gasteiger partial charge < -0.3 is 10.8 Å². The molecule has 0 spiro atoms. The van der Waals surface area contributed by atoms with E-state index in [1.807, 2.05) is 6.92 Å². The summed E-state index contributed by atoms with van der Waals surface area (Å²) >= 11 is 0. The predicted octanol–water partition coefficient (Wildman–Crippen LogP) is 2.79. The summed E-state index contributed by atoms with van der Waals surface area (Å²) in [5.41, 5.74) is 4.96. The summed E-state index contributed by atoms with van der Waals surface area (Å²) in [5, 5.41) is 9.23. The van der Waals surface area contributed by atoms with Crippen LogP contribution in [-0.4, -0.2) is 17.6 Å². The first kappa shape index (κ1) is 14.4. The van der Waals surface area contributed by atoms with Crippen molar-refractivity contribution < 1.29 is 9.90 Å². The Labute approximate surface area is 93.0 Å². The molecular weight excluding hydrogens is 190 g/mol. The first-order valence-corrected chi connectivity index (χ1v) is 6.06. The molecule has 0 aliphatic carbocycles. The average Bonchev–Trinajstić information content (AvgIpc) is 2.22. The fourth-order valence-electron chi connectivity index (χ4n) is 2.00. The molecule has 0 amide bonds. The SMILES string of the molecule is CCCCCCC(CN)(CCC)C(=O)O. The standard InChI is InChI=1S/C12H25NO2/c1-3-5-6-7-9-12(10-13,8-4-2)11(14)15/h3-10,13H2,1-2H3,(H,14,15). The number of hydrogen-bond acceptors (Lipinski definition) is 2. The van der Waals surface area contributed by atoms with Gasteiger partial charge >= 0.3 is 5.97 Å². The maximum Gasteiger partial charge on any atom is 0.310 e. The minimum Gasteiger partial charge on any atom is -0.481 e. The minimum absolute atomic E-state index is 0.266. The van der Waals surface area contributed by atoms with E-state index in [-0.39, 0.29) is 6.54 Å². The van der Waals surface area contributed by atoms with Crippen LogP contribution in [0.15, 0.2) is 0 Å². The Morgan fingerprint density at radius 2 is 1.80 bits per heavy atom. The van der Waals surface area contributed by atoms with Crippen LogP contribution in [0.1, 0.15) is 58.8 Å². The van der Waals surface area contributed by atoms with E-state index in [1.54, 1.807) is 0 Å². The Balaban J connectivity index is 4.16. The maximum absolute atomic E-state index is 11.2. The lowest BCUT2D eigenvalue weighted by Crippen LogP contribution is -2.38. The van der Waals surface area contributed by atoms with E-state index in [0.717, 1.165) is 25.7 Å². The van der Waals surface area contributed by atoms with Crippen molar-refractivity contribution in [1.29, 1.82) is 0 Å². The van der Waals surface area contributed by atoms with Crippen LogP contribution in [-0.2, 0) is 4.79 Å². The molecule has 0 radical (unpaired) electrons. The van der Waals surface area contributed by atoms with Crippen LogP contribution in [0.2, 0.25) is 0 Å². The first-order valence-electron chi connectivity index (χ1n) is 6.06. The summed E-state index contributed by atoms with van der Waals surface area (Å²) in [7, 11) is 0. The summed E-state index contributed by atoms with van der Waals surface area (Å²) < 4.78 is 0. The second-order valence-electron chi connectivity index (χ2n) is 4.35. The molecule has 1 unspecified atom stereocenters. The highest BCUT2D eigenvalue weighted by Crippen LogP contribution is 2.30. The summed E-state index contributed by atoms with van der Waals surface area (Å²) in [5.74, 6) is -0.719. The zero-order valence-corrected chi connectivity index (χ0v) is 10.1. The van der Waals surface area contributed by atoms with Gasteiger partial charge in [0.15, 0.2) is 0 Å². The number of carboxylic acids is 1. The van der Waals surface area contributed by atoms with Gasteiger partial charge in [-0.25, -0.2) is 0 Å². The van der Waals surface area contributed by atoms with Crippen LogP contribution in [0.4, 0.5) is 0 Å². The van der Waals surface area contributed by atoms with Gasteiger partial charge in [-0.15, -0.1) is 0 Å². The van der Waals surface area contributed by atoms with E-state index in [4.69, 9.17) is 5.73 Å². The van der Waals surface area contributed by atoms with Crippen molar-refractivity contribution in [3.05, 3.63) is 0 Å². The Bertz CT molecular complexity index is 182. The van der Waals surface area contributed by atoms with Crippen molar-refractivity contribution >= 4 is 5.97 Å². The van der Waals surface area contributed by atoms with Crippen molar-refractivity contribution in [2.24, 2.45) is 11.1 Å². The predicted molar refractivity (Wildman–Crippen MR) is 62.8 cm³/mol. The lowest BCUT2D eigenvalue weighted by Gasteiger charge is -2.27. The quantitative estimate of drug-likeness (QED) is 0.581.